The number of hydrogen-bond donors (Lipinski definition) is 1. The third-order valence-corrected chi connectivity index (χ3v) is 4.14. The van der Waals surface area contributed by atoms with E-state index in [-0.39, 0.29) is 17.9 Å². The molecular formula is C15H19N3O2. The standard InChI is InChI=1S/C15H19N3O2/c1-10(9-17-7-2-3-8-17)18-14(19)11-5-4-6-12(16)13(11)15(18)20/h4-6,10H,2-3,7-9,16H2,1H3. The van der Waals surface area contributed by atoms with Gasteiger partial charge in [-0.1, -0.05) is 6.07 Å². The van der Waals surface area contributed by atoms with Crippen molar-refractivity contribution in [3.8, 4) is 0 Å². The van der Waals surface area contributed by atoms with Crippen LogP contribution in [-0.2, 0) is 0 Å². The number of carbonyl (C=O) groups excluding carboxylic acids is 2. The molecule has 0 aliphatic carbocycles. The van der Waals surface area contributed by atoms with Gasteiger partial charge in [-0.05, 0) is 45.0 Å². The predicted molar refractivity (Wildman–Crippen MR) is 76.5 cm³/mol. The van der Waals surface area contributed by atoms with Gasteiger partial charge in [0, 0.05) is 12.2 Å². The average molecular weight is 273 g/mol. The lowest BCUT2D eigenvalue weighted by molar-refractivity contribution is 0.0569. The molecule has 2 heterocycles. The van der Waals surface area contributed by atoms with E-state index in [1.54, 1.807) is 18.2 Å². The highest BCUT2D eigenvalue weighted by molar-refractivity contribution is 6.23. The largest absolute Gasteiger partial charge is 0.398 e. The smallest absolute Gasteiger partial charge is 0.263 e. The molecule has 5 nitrogen and oxygen atoms in total. The number of nitrogen functional groups attached to an aromatic ring is 1. The molecule has 2 aliphatic heterocycles. The summed E-state index contributed by atoms with van der Waals surface area (Å²) in [5, 5.41) is 0. The Hall–Kier alpha value is -1.88. The van der Waals surface area contributed by atoms with Gasteiger partial charge in [0.1, 0.15) is 0 Å². The summed E-state index contributed by atoms with van der Waals surface area (Å²) in [6.45, 7) is 4.77. The minimum atomic E-state index is -0.255. The molecule has 1 atom stereocenters. The third kappa shape index (κ3) is 1.98. The predicted octanol–water partition coefficient (Wildman–Crippen LogP) is 1.35. The van der Waals surface area contributed by atoms with Crippen molar-refractivity contribution in [3.63, 3.8) is 0 Å². The van der Waals surface area contributed by atoms with Crippen LogP contribution in [0.3, 0.4) is 0 Å². The van der Waals surface area contributed by atoms with Gasteiger partial charge in [0.2, 0.25) is 0 Å². The van der Waals surface area contributed by atoms with Crippen molar-refractivity contribution in [2.45, 2.75) is 25.8 Å². The Kier molecular flexibility index (Phi) is 3.22. The van der Waals surface area contributed by atoms with Crippen LogP contribution < -0.4 is 5.73 Å². The summed E-state index contributed by atoms with van der Waals surface area (Å²) < 4.78 is 0. The maximum absolute atomic E-state index is 12.4. The van der Waals surface area contributed by atoms with Gasteiger partial charge < -0.3 is 10.6 Å². The Labute approximate surface area is 118 Å². The first-order valence-electron chi connectivity index (χ1n) is 7.08. The van der Waals surface area contributed by atoms with Gasteiger partial charge in [-0.2, -0.15) is 0 Å². The number of benzene rings is 1. The highest BCUT2D eigenvalue weighted by Gasteiger charge is 2.40. The van der Waals surface area contributed by atoms with Crippen LogP contribution in [-0.4, -0.2) is 47.3 Å². The summed E-state index contributed by atoms with van der Waals surface area (Å²) in [6.07, 6.45) is 2.39. The summed E-state index contributed by atoms with van der Waals surface area (Å²) in [4.78, 5) is 28.5. The second-order valence-corrected chi connectivity index (χ2v) is 5.61. The summed E-state index contributed by atoms with van der Waals surface area (Å²) in [5.41, 5.74) is 7.03. The molecule has 0 saturated carbocycles. The number of imide groups is 1. The second kappa shape index (κ2) is 4.90. The summed E-state index contributed by atoms with van der Waals surface area (Å²) >= 11 is 0. The second-order valence-electron chi connectivity index (χ2n) is 5.61. The van der Waals surface area contributed by atoms with Crippen LogP contribution in [0.1, 0.15) is 40.5 Å². The van der Waals surface area contributed by atoms with E-state index in [2.05, 4.69) is 4.90 Å². The van der Waals surface area contributed by atoms with E-state index < -0.39 is 0 Å². The van der Waals surface area contributed by atoms with Crippen LogP contribution in [0.5, 0.6) is 0 Å². The number of fused-ring (bicyclic) bond motifs is 1. The Morgan fingerprint density at radius 2 is 1.90 bits per heavy atom. The molecule has 2 amide bonds. The molecule has 1 fully saturated rings. The van der Waals surface area contributed by atoms with Crippen molar-refractivity contribution in [2.24, 2.45) is 0 Å². The minimum Gasteiger partial charge on any atom is -0.398 e. The fraction of sp³-hybridized carbons (Fsp3) is 0.467. The molecular weight excluding hydrogens is 254 g/mol. The van der Waals surface area contributed by atoms with Crippen molar-refractivity contribution in [3.05, 3.63) is 29.3 Å². The van der Waals surface area contributed by atoms with Gasteiger partial charge >= 0.3 is 0 Å². The van der Waals surface area contributed by atoms with E-state index in [1.807, 2.05) is 6.92 Å². The van der Waals surface area contributed by atoms with E-state index in [9.17, 15) is 9.59 Å². The molecule has 0 aromatic heterocycles. The summed E-state index contributed by atoms with van der Waals surface area (Å²) in [6, 6.07) is 4.93. The normalized spacial score (nSPS) is 20.6. The zero-order valence-corrected chi connectivity index (χ0v) is 11.6. The molecule has 2 N–H and O–H groups in total. The Morgan fingerprint density at radius 3 is 2.55 bits per heavy atom. The molecule has 1 aromatic rings. The summed E-state index contributed by atoms with van der Waals surface area (Å²) in [7, 11) is 0. The first-order chi connectivity index (χ1) is 9.59. The number of amides is 2. The number of nitrogens with two attached hydrogens (primary N) is 1. The van der Waals surface area contributed by atoms with E-state index in [1.165, 1.54) is 17.7 Å². The van der Waals surface area contributed by atoms with E-state index in [0.717, 1.165) is 19.6 Å². The number of anilines is 1. The van der Waals surface area contributed by atoms with Crippen molar-refractivity contribution in [1.29, 1.82) is 0 Å². The van der Waals surface area contributed by atoms with Crippen molar-refractivity contribution < 1.29 is 9.59 Å². The van der Waals surface area contributed by atoms with Gasteiger partial charge in [-0.15, -0.1) is 0 Å². The average Bonchev–Trinajstić information content (AvgIpc) is 2.98. The molecule has 0 spiro atoms. The molecule has 1 unspecified atom stereocenters. The third-order valence-electron chi connectivity index (χ3n) is 4.14. The lowest BCUT2D eigenvalue weighted by atomic mass is 10.1. The van der Waals surface area contributed by atoms with Crippen molar-refractivity contribution in [1.82, 2.24) is 9.80 Å². The molecule has 2 aliphatic rings. The van der Waals surface area contributed by atoms with E-state index in [0.29, 0.717) is 16.8 Å². The first kappa shape index (κ1) is 13.1. The highest BCUT2D eigenvalue weighted by atomic mass is 16.2. The Morgan fingerprint density at radius 1 is 1.20 bits per heavy atom. The van der Waals surface area contributed by atoms with Crippen LogP contribution in [0.4, 0.5) is 5.69 Å². The van der Waals surface area contributed by atoms with E-state index >= 15 is 0 Å². The molecule has 1 aromatic carbocycles. The maximum Gasteiger partial charge on any atom is 0.263 e. The fourth-order valence-electron chi connectivity index (χ4n) is 3.15. The lowest BCUT2D eigenvalue weighted by Crippen LogP contribution is -2.44. The number of hydrogen-bond acceptors (Lipinski definition) is 4. The van der Waals surface area contributed by atoms with Gasteiger partial charge in [-0.3, -0.25) is 14.5 Å². The Balaban J connectivity index is 1.83. The van der Waals surface area contributed by atoms with Crippen LogP contribution >= 0.6 is 0 Å². The van der Waals surface area contributed by atoms with Crippen LogP contribution in [0.25, 0.3) is 0 Å². The molecule has 106 valence electrons. The van der Waals surface area contributed by atoms with Crippen LogP contribution in [0, 0.1) is 0 Å². The monoisotopic (exact) mass is 273 g/mol. The van der Waals surface area contributed by atoms with Crippen molar-refractivity contribution in [2.75, 3.05) is 25.4 Å². The van der Waals surface area contributed by atoms with Crippen molar-refractivity contribution >= 4 is 17.5 Å². The number of nitrogens with zero attached hydrogens (tertiary/aromatic N) is 2. The van der Waals surface area contributed by atoms with Crippen LogP contribution in [0.2, 0.25) is 0 Å². The quantitative estimate of drug-likeness (QED) is 0.667. The lowest BCUT2D eigenvalue weighted by Gasteiger charge is -2.27. The SMILES string of the molecule is CC(CN1CCCC1)N1C(=O)c2cccc(N)c2C1=O. The molecule has 1 saturated heterocycles. The molecule has 3 rings (SSSR count). The highest BCUT2D eigenvalue weighted by Crippen LogP contribution is 2.29. The van der Waals surface area contributed by atoms with Gasteiger partial charge in [-0.25, -0.2) is 0 Å². The van der Waals surface area contributed by atoms with E-state index in [4.69, 9.17) is 5.73 Å². The number of rotatable bonds is 3. The zero-order valence-electron chi connectivity index (χ0n) is 11.6. The Bertz CT molecular complexity index is 564. The zero-order chi connectivity index (χ0) is 14.3. The topological polar surface area (TPSA) is 66.6 Å². The van der Waals surface area contributed by atoms with Crippen LogP contribution in [0.15, 0.2) is 18.2 Å². The van der Waals surface area contributed by atoms with Gasteiger partial charge in [0.05, 0.1) is 17.2 Å². The first-order valence-corrected chi connectivity index (χ1v) is 7.08. The molecule has 20 heavy (non-hydrogen) atoms. The number of likely N-dealkylation sites (tertiary alicyclic amines) is 1. The van der Waals surface area contributed by atoms with Gasteiger partial charge in [0.15, 0.2) is 0 Å². The molecule has 5 heteroatoms. The fourth-order valence-corrected chi connectivity index (χ4v) is 3.15. The summed E-state index contributed by atoms with van der Waals surface area (Å²) in [5.74, 6) is -0.473. The van der Waals surface area contributed by atoms with Gasteiger partial charge in [0.25, 0.3) is 11.8 Å². The molecule has 0 bridgehead atoms. The number of carbonyl (C=O) groups is 2. The minimum absolute atomic E-state index is 0.125. The maximum atomic E-state index is 12.4. The molecule has 0 radical (unpaired) electrons.